The molecule has 1 saturated heterocycles. The molecular formula is C10H11N3O2. The van der Waals surface area contributed by atoms with Crippen LogP contribution in [-0.2, 0) is 4.74 Å². The van der Waals surface area contributed by atoms with Crippen LogP contribution in [0.2, 0.25) is 0 Å². The fourth-order valence-corrected chi connectivity index (χ4v) is 1.79. The highest BCUT2D eigenvalue weighted by molar-refractivity contribution is 5.77. The maximum atomic E-state index is 5.31. The molecular weight excluding hydrogens is 194 g/mol. The molecule has 0 amide bonds. The number of hydrogen-bond donors (Lipinski definition) is 0. The van der Waals surface area contributed by atoms with E-state index in [4.69, 9.17) is 4.74 Å². The molecule has 0 radical (unpaired) electrons. The Morgan fingerprint density at radius 2 is 1.87 bits per heavy atom. The molecule has 2 aromatic rings. The first-order valence-corrected chi connectivity index (χ1v) is 4.98. The molecule has 78 valence electrons. The first-order chi connectivity index (χ1) is 7.43. The minimum Gasteiger partial charge on any atom is -0.378 e. The highest BCUT2D eigenvalue weighted by Gasteiger charge is 2.12. The molecule has 2 heterocycles. The van der Waals surface area contributed by atoms with Crippen molar-refractivity contribution in [2.75, 3.05) is 31.2 Å². The van der Waals surface area contributed by atoms with Gasteiger partial charge in [-0.2, -0.15) is 0 Å². The van der Waals surface area contributed by atoms with Gasteiger partial charge in [-0.15, -0.1) is 0 Å². The summed E-state index contributed by atoms with van der Waals surface area (Å²) in [5.74, 6) is 0. The van der Waals surface area contributed by atoms with Crippen LogP contribution in [0.4, 0.5) is 5.69 Å². The maximum absolute atomic E-state index is 5.31. The van der Waals surface area contributed by atoms with Crippen molar-refractivity contribution in [1.29, 1.82) is 0 Å². The van der Waals surface area contributed by atoms with Crippen LogP contribution in [0, 0.1) is 0 Å². The van der Waals surface area contributed by atoms with Gasteiger partial charge in [-0.25, -0.2) is 4.63 Å². The first kappa shape index (κ1) is 8.67. The minimum absolute atomic E-state index is 0.787. The standard InChI is InChI=1S/C10H11N3O2/c1-2-9-10(12-15-11-9)7-8(1)13-3-5-14-6-4-13/h1-2,7H,3-6H2. The number of aromatic nitrogens is 2. The van der Waals surface area contributed by atoms with E-state index >= 15 is 0 Å². The van der Waals surface area contributed by atoms with Gasteiger partial charge in [0.05, 0.1) is 13.2 Å². The van der Waals surface area contributed by atoms with E-state index in [-0.39, 0.29) is 0 Å². The number of hydrogen-bond acceptors (Lipinski definition) is 5. The van der Waals surface area contributed by atoms with Crippen molar-refractivity contribution in [3.8, 4) is 0 Å². The second kappa shape index (κ2) is 3.51. The molecule has 1 aromatic heterocycles. The van der Waals surface area contributed by atoms with E-state index in [2.05, 4.69) is 19.8 Å². The van der Waals surface area contributed by atoms with Gasteiger partial charge in [-0.3, -0.25) is 0 Å². The Morgan fingerprint density at radius 1 is 1.07 bits per heavy atom. The summed E-state index contributed by atoms with van der Waals surface area (Å²) in [5, 5.41) is 7.61. The number of fused-ring (bicyclic) bond motifs is 1. The highest BCUT2D eigenvalue weighted by Crippen LogP contribution is 2.20. The lowest BCUT2D eigenvalue weighted by Gasteiger charge is -2.28. The third kappa shape index (κ3) is 1.55. The number of morpholine rings is 1. The van der Waals surface area contributed by atoms with E-state index in [0.29, 0.717) is 0 Å². The number of ether oxygens (including phenoxy) is 1. The van der Waals surface area contributed by atoms with Crippen LogP contribution in [-0.4, -0.2) is 36.6 Å². The van der Waals surface area contributed by atoms with Gasteiger partial charge in [0.15, 0.2) is 0 Å². The van der Waals surface area contributed by atoms with Crippen molar-refractivity contribution in [1.82, 2.24) is 10.3 Å². The number of benzene rings is 1. The van der Waals surface area contributed by atoms with Crippen LogP contribution in [0.5, 0.6) is 0 Å². The SMILES string of the molecule is c1cc2nonc2cc1N1CCOCC1. The van der Waals surface area contributed by atoms with Crippen molar-refractivity contribution in [3.63, 3.8) is 0 Å². The van der Waals surface area contributed by atoms with Crippen molar-refractivity contribution in [2.45, 2.75) is 0 Å². The lowest BCUT2D eigenvalue weighted by atomic mass is 10.2. The molecule has 0 bridgehead atoms. The summed E-state index contributed by atoms with van der Waals surface area (Å²) in [5.41, 5.74) is 2.76. The second-order valence-corrected chi connectivity index (χ2v) is 3.54. The summed E-state index contributed by atoms with van der Waals surface area (Å²) in [6.45, 7) is 3.43. The van der Waals surface area contributed by atoms with Crippen molar-refractivity contribution in [2.24, 2.45) is 0 Å². The van der Waals surface area contributed by atoms with Crippen LogP contribution in [0.15, 0.2) is 22.8 Å². The van der Waals surface area contributed by atoms with E-state index in [9.17, 15) is 0 Å². The Labute approximate surface area is 86.6 Å². The summed E-state index contributed by atoms with van der Waals surface area (Å²) < 4.78 is 9.97. The lowest BCUT2D eigenvalue weighted by Crippen LogP contribution is -2.36. The summed E-state index contributed by atoms with van der Waals surface area (Å²) in [4.78, 5) is 2.28. The Morgan fingerprint density at radius 3 is 2.73 bits per heavy atom. The smallest absolute Gasteiger partial charge is 0.137 e. The molecule has 0 spiro atoms. The van der Waals surface area contributed by atoms with Crippen molar-refractivity contribution in [3.05, 3.63) is 18.2 Å². The molecule has 0 unspecified atom stereocenters. The van der Waals surface area contributed by atoms with E-state index in [1.165, 1.54) is 0 Å². The van der Waals surface area contributed by atoms with Crippen LogP contribution in [0.1, 0.15) is 0 Å². The van der Waals surface area contributed by atoms with Crippen molar-refractivity contribution < 1.29 is 9.37 Å². The van der Waals surface area contributed by atoms with Gasteiger partial charge in [0.1, 0.15) is 11.0 Å². The molecule has 3 rings (SSSR count). The largest absolute Gasteiger partial charge is 0.378 e. The topological polar surface area (TPSA) is 51.4 Å². The van der Waals surface area contributed by atoms with Gasteiger partial charge in [0.25, 0.3) is 0 Å². The van der Waals surface area contributed by atoms with Crippen LogP contribution in [0.25, 0.3) is 11.0 Å². The van der Waals surface area contributed by atoms with Gasteiger partial charge < -0.3 is 9.64 Å². The zero-order chi connectivity index (χ0) is 10.1. The highest BCUT2D eigenvalue weighted by atomic mass is 16.6. The van der Waals surface area contributed by atoms with Gasteiger partial charge in [0, 0.05) is 18.8 Å². The van der Waals surface area contributed by atoms with E-state index in [0.717, 1.165) is 43.0 Å². The molecule has 5 heteroatoms. The fourth-order valence-electron chi connectivity index (χ4n) is 1.79. The molecule has 1 aromatic carbocycles. The van der Waals surface area contributed by atoms with Gasteiger partial charge in [0.2, 0.25) is 0 Å². The van der Waals surface area contributed by atoms with Crippen LogP contribution >= 0.6 is 0 Å². The van der Waals surface area contributed by atoms with E-state index in [1.54, 1.807) is 0 Å². The summed E-state index contributed by atoms with van der Waals surface area (Å²) in [7, 11) is 0. The average molecular weight is 205 g/mol. The molecule has 15 heavy (non-hydrogen) atoms. The zero-order valence-corrected chi connectivity index (χ0v) is 8.22. The van der Waals surface area contributed by atoms with Gasteiger partial charge in [-0.05, 0) is 28.5 Å². The van der Waals surface area contributed by atoms with Gasteiger partial charge in [-0.1, -0.05) is 0 Å². The third-order valence-corrected chi connectivity index (χ3v) is 2.61. The quantitative estimate of drug-likeness (QED) is 0.696. The minimum atomic E-state index is 0.787. The Hall–Kier alpha value is -1.62. The van der Waals surface area contributed by atoms with E-state index in [1.807, 2.05) is 18.2 Å². The summed E-state index contributed by atoms with van der Waals surface area (Å²) in [6, 6.07) is 5.96. The molecule has 0 N–H and O–H groups in total. The number of nitrogens with zero attached hydrogens (tertiary/aromatic N) is 3. The van der Waals surface area contributed by atoms with Crippen LogP contribution in [0.3, 0.4) is 0 Å². The Bertz CT molecular complexity index is 462. The normalized spacial score (nSPS) is 17.2. The summed E-state index contributed by atoms with van der Waals surface area (Å²) >= 11 is 0. The molecule has 5 nitrogen and oxygen atoms in total. The van der Waals surface area contributed by atoms with Gasteiger partial charge >= 0.3 is 0 Å². The zero-order valence-electron chi connectivity index (χ0n) is 8.22. The summed E-state index contributed by atoms with van der Waals surface area (Å²) in [6.07, 6.45) is 0. The monoisotopic (exact) mass is 205 g/mol. The Kier molecular flexibility index (Phi) is 2.03. The molecule has 1 fully saturated rings. The molecule has 1 aliphatic heterocycles. The third-order valence-electron chi connectivity index (χ3n) is 2.61. The predicted octanol–water partition coefficient (Wildman–Crippen LogP) is 1.06. The van der Waals surface area contributed by atoms with Crippen LogP contribution < -0.4 is 4.90 Å². The van der Waals surface area contributed by atoms with Crippen molar-refractivity contribution >= 4 is 16.7 Å². The molecule has 0 atom stereocenters. The van der Waals surface area contributed by atoms with E-state index < -0.39 is 0 Å². The fraction of sp³-hybridized carbons (Fsp3) is 0.400. The second-order valence-electron chi connectivity index (χ2n) is 3.54. The number of anilines is 1. The molecule has 0 saturated carbocycles. The first-order valence-electron chi connectivity index (χ1n) is 4.98. The molecule has 1 aliphatic rings. The average Bonchev–Trinajstić information content (AvgIpc) is 2.77. The molecule has 0 aliphatic carbocycles. The maximum Gasteiger partial charge on any atom is 0.137 e. The predicted molar refractivity (Wildman–Crippen MR) is 54.8 cm³/mol. The number of rotatable bonds is 1. The lowest BCUT2D eigenvalue weighted by molar-refractivity contribution is 0.122. The Balaban J connectivity index is 1.95.